The Morgan fingerprint density at radius 1 is 1.30 bits per heavy atom. The van der Waals surface area contributed by atoms with Crippen molar-refractivity contribution in [3.63, 3.8) is 0 Å². The predicted octanol–water partition coefficient (Wildman–Crippen LogP) is 2.35. The Labute approximate surface area is 138 Å². The second-order valence-corrected chi connectivity index (χ2v) is 6.33. The van der Waals surface area contributed by atoms with Crippen LogP contribution in [0, 0.1) is 0 Å². The highest BCUT2D eigenvalue weighted by atomic mass is 16.7. The lowest BCUT2D eigenvalue weighted by molar-refractivity contribution is -0.0971. The van der Waals surface area contributed by atoms with Gasteiger partial charge in [0.1, 0.15) is 18.2 Å². The Morgan fingerprint density at radius 3 is 2.87 bits per heavy atom. The number of fused-ring (bicyclic) bond motifs is 2. The van der Waals surface area contributed by atoms with Gasteiger partial charge >= 0.3 is 0 Å². The number of hydroxylamine groups is 2. The van der Waals surface area contributed by atoms with Crippen LogP contribution < -0.4 is 5.73 Å². The van der Waals surface area contributed by atoms with Crippen LogP contribution in [0.25, 0.3) is 0 Å². The van der Waals surface area contributed by atoms with Crippen LogP contribution in [0.4, 0.5) is 0 Å². The molecule has 0 aromatic rings. The van der Waals surface area contributed by atoms with E-state index in [1.807, 2.05) is 17.5 Å². The fourth-order valence-electron chi connectivity index (χ4n) is 3.27. The third-order valence-electron chi connectivity index (χ3n) is 4.62. The fraction of sp³-hybridized carbons (Fsp3) is 0.588. The van der Waals surface area contributed by atoms with Crippen molar-refractivity contribution in [2.45, 2.75) is 39.5 Å². The lowest BCUT2D eigenvalue weighted by Gasteiger charge is -2.40. The first-order chi connectivity index (χ1) is 11.2. The van der Waals surface area contributed by atoms with E-state index in [-0.39, 0.29) is 0 Å². The summed E-state index contributed by atoms with van der Waals surface area (Å²) in [6.07, 6.45) is 8.86. The van der Waals surface area contributed by atoms with E-state index < -0.39 is 0 Å². The van der Waals surface area contributed by atoms with E-state index in [9.17, 15) is 0 Å². The van der Waals surface area contributed by atoms with E-state index in [2.05, 4.69) is 28.6 Å². The molecule has 3 aliphatic heterocycles. The monoisotopic (exact) mass is 317 g/mol. The van der Waals surface area contributed by atoms with Crippen molar-refractivity contribution in [1.29, 1.82) is 0 Å². The SMILES string of the molecule is CCCCCCN1CC(C)=C(N)C2=C1N1CN(OC)C=C1C=N2. The summed E-state index contributed by atoms with van der Waals surface area (Å²) < 4.78 is 0. The highest BCUT2D eigenvalue weighted by Gasteiger charge is 2.35. The van der Waals surface area contributed by atoms with Crippen LogP contribution >= 0.6 is 0 Å². The van der Waals surface area contributed by atoms with Crippen molar-refractivity contribution in [1.82, 2.24) is 14.9 Å². The largest absolute Gasteiger partial charge is 0.397 e. The Morgan fingerprint density at radius 2 is 2.13 bits per heavy atom. The summed E-state index contributed by atoms with van der Waals surface area (Å²) in [6.45, 7) is 6.93. The molecule has 23 heavy (non-hydrogen) atoms. The first kappa shape index (κ1) is 15.9. The quantitative estimate of drug-likeness (QED) is 0.762. The number of hydrogen-bond donors (Lipinski definition) is 1. The highest BCUT2D eigenvalue weighted by molar-refractivity contribution is 5.82. The molecule has 3 heterocycles. The van der Waals surface area contributed by atoms with Crippen molar-refractivity contribution in [3.05, 3.63) is 34.7 Å². The molecule has 0 amide bonds. The zero-order chi connectivity index (χ0) is 16.4. The lowest BCUT2D eigenvalue weighted by atomic mass is 10.1. The molecule has 0 saturated heterocycles. The van der Waals surface area contributed by atoms with Crippen LogP contribution in [-0.4, -0.2) is 47.9 Å². The van der Waals surface area contributed by atoms with E-state index in [1.54, 1.807) is 7.11 Å². The molecule has 0 bridgehead atoms. The summed E-state index contributed by atoms with van der Waals surface area (Å²) in [5.41, 5.74) is 10.3. The standard InChI is InChI=1S/C17H27N5O/c1-4-5-6-7-8-20-10-13(2)15(18)16-17(20)22-12-21(23-3)11-14(22)9-19-16/h9,11H,4-8,10,12,18H2,1-3H3. The molecule has 0 aromatic heterocycles. The van der Waals surface area contributed by atoms with E-state index in [0.29, 0.717) is 6.67 Å². The second-order valence-electron chi connectivity index (χ2n) is 6.33. The van der Waals surface area contributed by atoms with Gasteiger partial charge in [0.15, 0.2) is 0 Å². The van der Waals surface area contributed by atoms with Gasteiger partial charge in [0.05, 0.1) is 30.9 Å². The molecule has 0 fully saturated rings. The zero-order valence-corrected chi connectivity index (χ0v) is 14.4. The molecule has 6 heteroatoms. The summed E-state index contributed by atoms with van der Waals surface area (Å²) in [4.78, 5) is 14.6. The van der Waals surface area contributed by atoms with Gasteiger partial charge < -0.3 is 15.5 Å². The van der Waals surface area contributed by atoms with Crippen molar-refractivity contribution >= 4 is 6.21 Å². The van der Waals surface area contributed by atoms with Gasteiger partial charge in [0, 0.05) is 13.1 Å². The Balaban J connectivity index is 1.84. The number of nitrogens with zero attached hydrogens (tertiary/aromatic N) is 4. The number of nitrogens with two attached hydrogens (primary N) is 1. The molecule has 6 nitrogen and oxygen atoms in total. The van der Waals surface area contributed by atoms with Crippen molar-refractivity contribution in [3.8, 4) is 0 Å². The van der Waals surface area contributed by atoms with Crippen molar-refractivity contribution in [2.75, 3.05) is 26.9 Å². The van der Waals surface area contributed by atoms with E-state index in [1.165, 1.54) is 31.3 Å². The first-order valence-electron chi connectivity index (χ1n) is 8.44. The van der Waals surface area contributed by atoms with E-state index >= 15 is 0 Å². The molecule has 0 aliphatic carbocycles. The molecular weight excluding hydrogens is 290 g/mol. The van der Waals surface area contributed by atoms with E-state index in [4.69, 9.17) is 10.6 Å². The topological polar surface area (TPSA) is 57.3 Å². The first-order valence-corrected chi connectivity index (χ1v) is 8.44. The third kappa shape index (κ3) is 2.95. The summed E-state index contributed by atoms with van der Waals surface area (Å²) in [5, 5.41) is 1.81. The van der Waals surface area contributed by atoms with Gasteiger partial charge in [-0.05, 0) is 18.9 Å². The predicted molar refractivity (Wildman–Crippen MR) is 91.8 cm³/mol. The maximum absolute atomic E-state index is 6.31. The van der Waals surface area contributed by atoms with Crippen LogP contribution in [0.15, 0.2) is 39.7 Å². The minimum Gasteiger partial charge on any atom is -0.397 e. The molecule has 0 saturated carbocycles. The normalized spacial score (nSPS) is 20.3. The van der Waals surface area contributed by atoms with Crippen molar-refractivity contribution in [2.24, 2.45) is 10.7 Å². The van der Waals surface area contributed by atoms with Gasteiger partial charge in [-0.25, -0.2) is 10.1 Å². The molecule has 3 aliphatic rings. The van der Waals surface area contributed by atoms with Crippen LogP contribution in [0.1, 0.15) is 39.5 Å². The summed E-state index contributed by atoms with van der Waals surface area (Å²) in [5.74, 6) is 1.12. The maximum Gasteiger partial charge on any atom is 0.139 e. The molecule has 0 radical (unpaired) electrons. The van der Waals surface area contributed by atoms with Gasteiger partial charge in [-0.2, -0.15) is 0 Å². The molecule has 126 valence electrons. The minimum absolute atomic E-state index is 0.675. The van der Waals surface area contributed by atoms with Crippen LogP contribution in [0.2, 0.25) is 0 Å². The molecular formula is C17H27N5O. The van der Waals surface area contributed by atoms with Gasteiger partial charge in [-0.1, -0.05) is 26.2 Å². The Hall–Kier alpha value is -1.95. The molecule has 0 atom stereocenters. The van der Waals surface area contributed by atoms with Gasteiger partial charge in [-0.3, -0.25) is 4.84 Å². The van der Waals surface area contributed by atoms with E-state index in [0.717, 1.165) is 36.0 Å². The average Bonchev–Trinajstić information content (AvgIpc) is 2.98. The smallest absolute Gasteiger partial charge is 0.139 e. The molecule has 3 rings (SSSR count). The van der Waals surface area contributed by atoms with Crippen molar-refractivity contribution < 1.29 is 4.84 Å². The number of hydrogen-bond acceptors (Lipinski definition) is 6. The summed E-state index contributed by atoms with van der Waals surface area (Å²) in [7, 11) is 1.68. The summed E-state index contributed by atoms with van der Waals surface area (Å²) >= 11 is 0. The summed E-state index contributed by atoms with van der Waals surface area (Å²) in [6, 6.07) is 0. The maximum atomic E-state index is 6.31. The number of aliphatic imine (C=N–C) groups is 1. The number of rotatable bonds is 6. The second kappa shape index (κ2) is 6.66. The molecule has 0 unspecified atom stereocenters. The Bertz CT molecular complexity index is 590. The Kier molecular flexibility index (Phi) is 4.61. The number of allylic oxidation sites excluding steroid dienone is 1. The molecule has 0 spiro atoms. The van der Waals surface area contributed by atoms with Crippen LogP contribution in [0.5, 0.6) is 0 Å². The van der Waals surface area contributed by atoms with Gasteiger partial charge in [0.25, 0.3) is 0 Å². The third-order valence-corrected chi connectivity index (χ3v) is 4.62. The minimum atomic E-state index is 0.675. The number of unbranched alkanes of at least 4 members (excludes halogenated alkanes) is 3. The molecule has 0 aromatic carbocycles. The zero-order valence-electron chi connectivity index (χ0n) is 14.4. The average molecular weight is 317 g/mol. The lowest BCUT2D eigenvalue weighted by Crippen LogP contribution is -2.43. The van der Waals surface area contributed by atoms with Gasteiger partial charge in [-0.15, -0.1) is 0 Å². The van der Waals surface area contributed by atoms with Crippen LogP contribution in [0.3, 0.4) is 0 Å². The highest BCUT2D eigenvalue weighted by Crippen LogP contribution is 2.35. The molecule has 2 N–H and O–H groups in total. The van der Waals surface area contributed by atoms with Crippen LogP contribution in [-0.2, 0) is 4.84 Å². The van der Waals surface area contributed by atoms with Gasteiger partial charge in [0.2, 0.25) is 0 Å². The fourth-order valence-corrected chi connectivity index (χ4v) is 3.27.